The Morgan fingerprint density at radius 3 is 2.62 bits per heavy atom. The van der Waals surface area contributed by atoms with Crippen LogP contribution in [0.25, 0.3) is 0 Å². The highest BCUT2D eigenvalue weighted by molar-refractivity contribution is 5.91. The van der Waals surface area contributed by atoms with Crippen LogP contribution in [0, 0.1) is 0 Å². The highest BCUT2D eigenvalue weighted by atomic mass is 16.5. The molecule has 1 amide bonds. The minimum absolute atomic E-state index is 0.146. The maximum atomic E-state index is 12.4. The zero-order valence-electron chi connectivity index (χ0n) is 16.3. The number of fused-ring (bicyclic) bond motifs is 1. The molecule has 29 heavy (non-hydrogen) atoms. The molecule has 0 N–H and O–H groups in total. The van der Waals surface area contributed by atoms with Crippen molar-refractivity contribution in [2.75, 3.05) is 26.4 Å². The average molecular weight is 395 g/mol. The number of ether oxygens (including phenoxy) is 3. The number of hydrogen-bond acceptors (Lipinski definition) is 5. The Morgan fingerprint density at radius 2 is 1.86 bits per heavy atom. The lowest BCUT2D eigenvalue weighted by Gasteiger charge is -2.28. The van der Waals surface area contributed by atoms with Gasteiger partial charge in [0, 0.05) is 19.7 Å². The fourth-order valence-electron chi connectivity index (χ4n) is 3.66. The minimum atomic E-state index is -0.513. The first-order valence-corrected chi connectivity index (χ1v) is 10.1. The number of carbonyl (C=O) groups is 2. The number of rotatable bonds is 6. The molecular formula is C23H25NO5. The van der Waals surface area contributed by atoms with Crippen LogP contribution < -0.4 is 4.74 Å². The van der Waals surface area contributed by atoms with Crippen molar-refractivity contribution in [3.8, 4) is 5.75 Å². The third kappa shape index (κ3) is 4.95. The summed E-state index contributed by atoms with van der Waals surface area (Å²) in [4.78, 5) is 26.4. The van der Waals surface area contributed by atoms with Gasteiger partial charge in [0.25, 0.3) is 5.91 Å². The van der Waals surface area contributed by atoms with E-state index in [1.165, 1.54) is 5.56 Å². The van der Waals surface area contributed by atoms with Gasteiger partial charge in [-0.05, 0) is 54.7 Å². The summed E-state index contributed by atoms with van der Waals surface area (Å²) in [5.41, 5.74) is 2.82. The molecule has 0 radical (unpaired) electrons. The van der Waals surface area contributed by atoms with Gasteiger partial charge in [0.2, 0.25) is 0 Å². The maximum Gasteiger partial charge on any atom is 0.338 e. The summed E-state index contributed by atoms with van der Waals surface area (Å²) in [6.45, 7) is 2.25. The van der Waals surface area contributed by atoms with Crippen molar-refractivity contribution in [3.63, 3.8) is 0 Å². The number of benzene rings is 2. The van der Waals surface area contributed by atoms with Crippen molar-refractivity contribution >= 4 is 11.9 Å². The van der Waals surface area contributed by atoms with E-state index in [0.29, 0.717) is 31.0 Å². The molecule has 1 fully saturated rings. The highest BCUT2D eigenvalue weighted by Gasteiger charge is 2.21. The molecule has 2 aromatic carbocycles. The summed E-state index contributed by atoms with van der Waals surface area (Å²) in [5.74, 6) is -0.00841. The molecule has 0 aromatic heterocycles. The molecule has 6 nitrogen and oxygen atoms in total. The molecular weight excluding hydrogens is 370 g/mol. The smallest absolute Gasteiger partial charge is 0.338 e. The molecule has 2 heterocycles. The predicted octanol–water partition coefficient (Wildman–Crippen LogP) is 2.99. The van der Waals surface area contributed by atoms with Gasteiger partial charge < -0.3 is 19.1 Å². The Morgan fingerprint density at radius 1 is 1.07 bits per heavy atom. The molecule has 2 aromatic rings. The Kier molecular flexibility index (Phi) is 6.10. The maximum absolute atomic E-state index is 12.4. The standard InChI is InChI=1S/C23H25NO5/c25-22(24-12-11-17-4-1-2-5-19(17)14-24)16-29-23(26)18-7-9-20(10-8-18)28-15-21-6-3-13-27-21/h1-2,4-5,7-10,21H,3,6,11-16H2/t21-/m1/s1. The molecule has 0 aliphatic carbocycles. The quantitative estimate of drug-likeness (QED) is 0.704. The van der Waals surface area contributed by atoms with Crippen LogP contribution in [-0.4, -0.2) is 49.2 Å². The van der Waals surface area contributed by atoms with Gasteiger partial charge >= 0.3 is 5.97 Å². The van der Waals surface area contributed by atoms with Gasteiger partial charge in [-0.25, -0.2) is 4.79 Å². The molecule has 0 bridgehead atoms. The van der Waals surface area contributed by atoms with Crippen molar-refractivity contribution in [2.45, 2.75) is 31.9 Å². The summed E-state index contributed by atoms with van der Waals surface area (Å²) < 4.78 is 16.4. The summed E-state index contributed by atoms with van der Waals surface area (Å²) >= 11 is 0. The predicted molar refractivity (Wildman–Crippen MR) is 107 cm³/mol. The Hall–Kier alpha value is -2.86. The second-order valence-electron chi connectivity index (χ2n) is 7.38. The molecule has 1 saturated heterocycles. The lowest BCUT2D eigenvalue weighted by molar-refractivity contribution is -0.135. The van der Waals surface area contributed by atoms with E-state index in [0.717, 1.165) is 31.4 Å². The van der Waals surface area contributed by atoms with E-state index in [9.17, 15) is 9.59 Å². The van der Waals surface area contributed by atoms with E-state index in [1.807, 2.05) is 18.2 Å². The van der Waals surface area contributed by atoms with E-state index in [4.69, 9.17) is 14.2 Å². The monoisotopic (exact) mass is 395 g/mol. The van der Waals surface area contributed by atoms with E-state index < -0.39 is 5.97 Å². The SMILES string of the molecule is O=C(OCC(=O)N1CCc2ccccc2C1)c1ccc(OC[C@H]2CCCO2)cc1. The zero-order valence-corrected chi connectivity index (χ0v) is 16.3. The van der Waals surface area contributed by atoms with Gasteiger partial charge in [-0.2, -0.15) is 0 Å². The third-order valence-electron chi connectivity index (χ3n) is 5.36. The van der Waals surface area contributed by atoms with Gasteiger partial charge in [0.15, 0.2) is 6.61 Å². The average Bonchev–Trinajstić information content (AvgIpc) is 3.29. The molecule has 6 heteroatoms. The van der Waals surface area contributed by atoms with Crippen LogP contribution in [0.15, 0.2) is 48.5 Å². The highest BCUT2D eigenvalue weighted by Crippen LogP contribution is 2.19. The number of amides is 1. The van der Waals surface area contributed by atoms with Gasteiger partial charge in [-0.15, -0.1) is 0 Å². The first kappa shape index (κ1) is 19.5. The van der Waals surface area contributed by atoms with E-state index >= 15 is 0 Å². The lowest BCUT2D eigenvalue weighted by Crippen LogP contribution is -2.38. The molecule has 2 aliphatic rings. The summed E-state index contributed by atoms with van der Waals surface area (Å²) in [7, 11) is 0. The molecule has 1 atom stereocenters. The zero-order chi connectivity index (χ0) is 20.1. The van der Waals surface area contributed by atoms with Crippen LogP contribution in [0.3, 0.4) is 0 Å². The fourth-order valence-corrected chi connectivity index (χ4v) is 3.66. The fraction of sp³-hybridized carbons (Fsp3) is 0.391. The van der Waals surface area contributed by atoms with Crippen LogP contribution in [0.4, 0.5) is 0 Å². The molecule has 0 unspecified atom stereocenters. The van der Waals surface area contributed by atoms with Gasteiger partial charge in [0.05, 0.1) is 11.7 Å². The van der Waals surface area contributed by atoms with Gasteiger partial charge in [0.1, 0.15) is 12.4 Å². The largest absolute Gasteiger partial charge is 0.491 e. The molecule has 0 saturated carbocycles. The van der Waals surface area contributed by atoms with Crippen molar-refractivity contribution < 1.29 is 23.8 Å². The van der Waals surface area contributed by atoms with Crippen molar-refractivity contribution in [1.82, 2.24) is 4.90 Å². The van der Waals surface area contributed by atoms with E-state index in [-0.39, 0.29) is 18.6 Å². The summed E-state index contributed by atoms with van der Waals surface area (Å²) in [6.07, 6.45) is 3.05. The number of hydrogen-bond donors (Lipinski definition) is 0. The third-order valence-corrected chi connectivity index (χ3v) is 5.36. The van der Waals surface area contributed by atoms with E-state index in [2.05, 4.69) is 6.07 Å². The Bertz CT molecular complexity index is 858. The van der Waals surface area contributed by atoms with Gasteiger partial charge in [-0.3, -0.25) is 4.79 Å². The van der Waals surface area contributed by atoms with Crippen LogP contribution in [0.5, 0.6) is 5.75 Å². The molecule has 4 rings (SSSR count). The van der Waals surface area contributed by atoms with E-state index in [1.54, 1.807) is 29.2 Å². The minimum Gasteiger partial charge on any atom is -0.491 e. The first-order chi connectivity index (χ1) is 14.2. The number of nitrogens with zero attached hydrogens (tertiary/aromatic N) is 1. The van der Waals surface area contributed by atoms with Crippen molar-refractivity contribution in [1.29, 1.82) is 0 Å². The van der Waals surface area contributed by atoms with Gasteiger partial charge in [-0.1, -0.05) is 24.3 Å². The second kappa shape index (κ2) is 9.09. The van der Waals surface area contributed by atoms with Crippen molar-refractivity contribution in [3.05, 3.63) is 65.2 Å². The second-order valence-corrected chi connectivity index (χ2v) is 7.38. The molecule has 2 aliphatic heterocycles. The normalized spacial score (nSPS) is 18.2. The van der Waals surface area contributed by atoms with Crippen LogP contribution in [-0.2, 0) is 27.2 Å². The van der Waals surface area contributed by atoms with Crippen LogP contribution >= 0.6 is 0 Å². The van der Waals surface area contributed by atoms with Crippen LogP contribution in [0.1, 0.15) is 34.3 Å². The first-order valence-electron chi connectivity index (χ1n) is 10.1. The van der Waals surface area contributed by atoms with Crippen LogP contribution in [0.2, 0.25) is 0 Å². The number of esters is 1. The molecule has 152 valence electrons. The molecule has 0 spiro atoms. The number of carbonyl (C=O) groups excluding carboxylic acids is 2. The van der Waals surface area contributed by atoms with Crippen molar-refractivity contribution in [2.24, 2.45) is 0 Å². The lowest BCUT2D eigenvalue weighted by atomic mass is 10.00. The summed E-state index contributed by atoms with van der Waals surface area (Å²) in [6, 6.07) is 14.9. The topological polar surface area (TPSA) is 65.1 Å². The summed E-state index contributed by atoms with van der Waals surface area (Å²) in [5, 5.41) is 0. The Labute approximate surface area is 170 Å². The Balaban J connectivity index is 1.24.